The fourth-order valence-electron chi connectivity index (χ4n) is 5.24. The smallest absolute Gasteiger partial charge is 0.253 e. The molecule has 172 valence electrons. The third-order valence-electron chi connectivity index (χ3n) is 7.20. The van der Waals surface area contributed by atoms with E-state index in [-0.39, 0.29) is 23.2 Å². The molecule has 0 unspecified atom stereocenters. The number of amides is 1. The molecule has 3 aromatic rings. The summed E-state index contributed by atoms with van der Waals surface area (Å²) in [6, 6.07) is 14.7. The van der Waals surface area contributed by atoms with Crippen LogP contribution in [0.3, 0.4) is 0 Å². The minimum absolute atomic E-state index is 0.101. The molecule has 2 saturated heterocycles. The van der Waals surface area contributed by atoms with Gasteiger partial charge in [0.25, 0.3) is 5.91 Å². The number of nitrogens with zero attached hydrogens (tertiary/aromatic N) is 3. The van der Waals surface area contributed by atoms with E-state index < -0.39 is 0 Å². The Morgan fingerprint density at radius 1 is 1.15 bits per heavy atom. The molecule has 33 heavy (non-hydrogen) atoms. The van der Waals surface area contributed by atoms with Crippen molar-refractivity contribution in [3.8, 4) is 0 Å². The molecular weight excluding hydrogens is 417 g/mol. The number of aromatic nitrogens is 2. The van der Waals surface area contributed by atoms with Crippen molar-refractivity contribution >= 4 is 5.91 Å². The summed E-state index contributed by atoms with van der Waals surface area (Å²) in [5.74, 6) is 0.864. The molecule has 1 spiro atoms. The number of imidazole rings is 1. The normalized spacial score (nSPS) is 19.8. The molecule has 0 N–H and O–H groups in total. The van der Waals surface area contributed by atoms with Gasteiger partial charge < -0.3 is 14.2 Å². The van der Waals surface area contributed by atoms with Gasteiger partial charge in [-0.25, -0.2) is 9.37 Å². The second-order valence-corrected chi connectivity index (χ2v) is 9.57. The maximum absolute atomic E-state index is 13.5. The molecule has 1 aromatic heterocycles. The number of carbonyl (C=O) groups excluding carboxylic acids is 1. The highest BCUT2D eigenvalue weighted by molar-refractivity contribution is 5.94. The van der Waals surface area contributed by atoms with Crippen molar-refractivity contribution in [2.45, 2.75) is 45.3 Å². The van der Waals surface area contributed by atoms with Crippen molar-refractivity contribution < 1.29 is 13.9 Å². The fraction of sp³-hybridized carbons (Fsp3) is 0.407. The van der Waals surface area contributed by atoms with Crippen molar-refractivity contribution in [3.63, 3.8) is 0 Å². The van der Waals surface area contributed by atoms with Crippen LogP contribution in [0.2, 0.25) is 0 Å². The van der Waals surface area contributed by atoms with Gasteiger partial charge in [0, 0.05) is 37.6 Å². The van der Waals surface area contributed by atoms with Crippen LogP contribution in [0.1, 0.15) is 46.6 Å². The third-order valence-corrected chi connectivity index (χ3v) is 7.20. The van der Waals surface area contributed by atoms with Crippen LogP contribution >= 0.6 is 0 Å². The van der Waals surface area contributed by atoms with Crippen LogP contribution in [0.25, 0.3) is 0 Å². The predicted octanol–water partition coefficient (Wildman–Crippen LogP) is 4.63. The average Bonchev–Trinajstić information content (AvgIpc) is 3.40. The van der Waals surface area contributed by atoms with Crippen molar-refractivity contribution in [3.05, 3.63) is 89.3 Å². The summed E-state index contributed by atoms with van der Waals surface area (Å²) < 4.78 is 21.7. The topological polar surface area (TPSA) is 47.4 Å². The van der Waals surface area contributed by atoms with E-state index in [9.17, 15) is 9.18 Å². The van der Waals surface area contributed by atoms with Crippen LogP contribution < -0.4 is 0 Å². The zero-order chi connectivity index (χ0) is 22.8. The van der Waals surface area contributed by atoms with E-state index in [1.54, 1.807) is 18.3 Å². The molecule has 1 atom stereocenters. The predicted molar refractivity (Wildman–Crippen MR) is 125 cm³/mol. The van der Waals surface area contributed by atoms with E-state index in [0.29, 0.717) is 6.54 Å². The first-order valence-corrected chi connectivity index (χ1v) is 11.7. The first kappa shape index (κ1) is 21.8. The number of piperidine rings is 1. The molecule has 1 amide bonds. The lowest BCUT2D eigenvalue weighted by Gasteiger charge is -2.38. The third kappa shape index (κ3) is 4.86. The molecule has 0 aliphatic carbocycles. The van der Waals surface area contributed by atoms with Gasteiger partial charge in [-0.1, -0.05) is 24.3 Å². The molecule has 6 heteroatoms. The quantitative estimate of drug-likeness (QED) is 0.573. The standard InChI is InChI=1S/C27H30FN3O2/c1-20-29-10-13-31(20)18-22-5-2-6-23(14-22)26(32)30-11-8-27(9-12-30)17-25(33-19-27)16-21-4-3-7-24(28)15-21/h2-7,10,13-15,25H,8-9,11-12,16-19H2,1H3/t25-/m0/s1. The van der Waals surface area contributed by atoms with Crippen molar-refractivity contribution in [2.75, 3.05) is 19.7 Å². The number of ether oxygens (including phenoxy) is 1. The molecule has 0 bridgehead atoms. The van der Waals surface area contributed by atoms with Crippen LogP contribution in [0.15, 0.2) is 60.9 Å². The van der Waals surface area contributed by atoms with E-state index in [2.05, 4.69) is 15.6 Å². The van der Waals surface area contributed by atoms with Gasteiger partial charge in [-0.2, -0.15) is 0 Å². The maximum atomic E-state index is 13.5. The Kier molecular flexibility index (Phi) is 6.02. The first-order valence-electron chi connectivity index (χ1n) is 11.7. The lowest BCUT2D eigenvalue weighted by molar-refractivity contribution is 0.0496. The molecule has 5 nitrogen and oxygen atoms in total. The van der Waals surface area contributed by atoms with Gasteiger partial charge in [0.2, 0.25) is 0 Å². The lowest BCUT2D eigenvalue weighted by atomic mass is 9.76. The summed E-state index contributed by atoms with van der Waals surface area (Å²) in [7, 11) is 0. The summed E-state index contributed by atoms with van der Waals surface area (Å²) in [6.07, 6.45) is 7.50. The van der Waals surface area contributed by atoms with Crippen LogP contribution in [0.5, 0.6) is 0 Å². The number of aryl methyl sites for hydroxylation is 1. The molecule has 0 saturated carbocycles. The van der Waals surface area contributed by atoms with Gasteiger partial charge in [-0.05, 0) is 73.4 Å². The summed E-state index contributed by atoms with van der Waals surface area (Å²) in [6.45, 7) is 4.92. The number of hydrogen-bond acceptors (Lipinski definition) is 3. The van der Waals surface area contributed by atoms with Gasteiger partial charge in [-0.15, -0.1) is 0 Å². The molecule has 5 rings (SSSR count). The second-order valence-electron chi connectivity index (χ2n) is 9.57. The van der Waals surface area contributed by atoms with Gasteiger partial charge >= 0.3 is 0 Å². The fourth-order valence-corrected chi connectivity index (χ4v) is 5.24. The Balaban J connectivity index is 1.18. The van der Waals surface area contributed by atoms with E-state index >= 15 is 0 Å². The molecular formula is C27H30FN3O2. The molecule has 3 heterocycles. The highest BCUT2D eigenvalue weighted by Crippen LogP contribution is 2.43. The van der Waals surface area contributed by atoms with Gasteiger partial charge in [0.05, 0.1) is 12.7 Å². The van der Waals surface area contributed by atoms with Gasteiger partial charge in [-0.3, -0.25) is 4.79 Å². The summed E-state index contributed by atoms with van der Waals surface area (Å²) in [5.41, 5.74) is 2.96. The van der Waals surface area contributed by atoms with Crippen molar-refractivity contribution in [1.82, 2.24) is 14.5 Å². The molecule has 2 aliphatic rings. The number of rotatable bonds is 5. The Bertz CT molecular complexity index is 1130. The van der Waals surface area contributed by atoms with E-state index in [0.717, 1.165) is 67.9 Å². The Hall–Kier alpha value is -2.99. The number of halogens is 1. The number of hydrogen-bond donors (Lipinski definition) is 0. The van der Waals surface area contributed by atoms with Gasteiger partial charge in [0.15, 0.2) is 0 Å². The second kappa shape index (κ2) is 9.10. The monoisotopic (exact) mass is 447 g/mol. The number of likely N-dealkylation sites (tertiary alicyclic amines) is 1. The molecule has 2 fully saturated rings. The molecule has 0 radical (unpaired) electrons. The Morgan fingerprint density at radius 2 is 1.94 bits per heavy atom. The maximum Gasteiger partial charge on any atom is 0.253 e. The van der Waals surface area contributed by atoms with Crippen LogP contribution in [0, 0.1) is 18.2 Å². The zero-order valence-electron chi connectivity index (χ0n) is 19.0. The summed E-state index contributed by atoms with van der Waals surface area (Å²) in [4.78, 5) is 19.5. The zero-order valence-corrected chi connectivity index (χ0v) is 19.0. The highest BCUT2D eigenvalue weighted by atomic mass is 19.1. The molecule has 2 aromatic carbocycles. The minimum atomic E-state index is -0.198. The molecule has 2 aliphatic heterocycles. The minimum Gasteiger partial charge on any atom is -0.377 e. The van der Waals surface area contributed by atoms with Crippen LogP contribution in [0.4, 0.5) is 4.39 Å². The van der Waals surface area contributed by atoms with Crippen molar-refractivity contribution in [1.29, 1.82) is 0 Å². The Morgan fingerprint density at radius 3 is 2.70 bits per heavy atom. The van der Waals surface area contributed by atoms with Crippen LogP contribution in [-0.4, -0.2) is 46.2 Å². The SMILES string of the molecule is Cc1nccn1Cc1cccc(C(=O)N2CCC3(CC2)CO[C@@H](Cc2cccc(F)c2)C3)c1. The largest absolute Gasteiger partial charge is 0.377 e. The average molecular weight is 448 g/mol. The Labute approximate surface area is 194 Å². The summed E-state index contributed by atoms with van der Waals surface area (Å²) >= 11 is 0. The van der Waals surface area contributed by atoms with E-state index in [1.165, 1.54) is 6.07 Å². The van der Waals surface area contributed by atoms with E-state index in [1.807, 2.05) is 42.3 Å². The summed E-state index contributed by atoms with van der Waals surface area (Å²) in [5, 5.41) is 0. The van der Waals surface area contributed by atoms with E-state index in [4.69, 9.17) is 4.74 Å². The number of carbonyl (C=O) groups is 1. The lowest BCUT2D eigenvalue weighted by Crippen LogP contribution is -2.43. The number of benzene rings is 2. The van der Waals surface area contributed by atoms with Crippen LogP contribution in [-0.2, 0) is 17.7 Å². The van der Waals surface area contributed by atoms with Crippen molar-refractivity contribution in [2.24, 2.45) is 5.41 Å². The highest BCUT2D eigenvalue weighted by Gasteiger charge is 2.43. The first-order chi connectivity index (χ1) is 16.0. The van der Waals surface area contributed by atoms with Gasteiger partial charge in [0.1, 0.15) is 11.6 Å².